The summed E-state index contributed by atoms with van der Waals surface area (Å²) in [6.07, 6.45) is 7.17. The van der Waals surface area contributed by atoms with E-state index in [0.29, 0.717) is 0 Å². The van der Waals surface area contributed by atoms with Gasteiger partial charge in [0, 0.05) is 12.7 Å². The van der Waals surface area contributed by atoms with Gasteiger partial charge in [0.1, 0.15) is 5.82 Å². The Labute approximate surface area is 109 Å². The molecule has 94 valence electrons. The van der Waals surface area contributed by atoms with E-state index >= 15 is 0 Å². The lowest BCUT2D eigenvalue weighted by Crippen LogP contribution is -2.20. The Morgan fingerprint density at radius 2 is 2.06 bits per heavy atom. The lowest BCUT2D eigenvalue weighted by Gasteiger charge is -2.26. The summed E-state index contributed by atoms with van der Waals surface area (Å²) in [5, 5.41) is 4.17. The van der Waals surface area contributed by atoms with Gasteiger partial charge in [-0.2, -0.15) is 0 Å². The molecule has 1 fully saturated rings. The van der Waals surface area contributed by atoms with Gasteiger partial charge in [0.15, 0.2) is 0 Å². The minimum absolute atomic E-state index is 0.738. The van der Waals surface area contributed by atoms with Crippen LogP contribution in [0.5, 0.6) is 0 Å². The van der Waals surface area contributed by atoms with Crippen LogP contribution >= 0.6 is 11.6 Å². The number of aromatic nitrogens is 1. The largest absolute Gasteiger partial charge is 0.370 e. The Hall–Kier alpha value is -0.760. The summed E-state index contributed by atoms with van der Waals surface area (Å²) in [5.41, 5.74) is 1.08. The van der Waals surface area contributed by atoms with Crippen LogP contribution in [0, 0.1) is 18.8 Å². The molecular weight excluding hydrogens is 232 g/mol. The fourth-order valence-electron chi connectivity index (χ4n) is 2.42. The lowest BCUT2D eigenvalue weighted by molar-refractivity contribution is 0.300. The van der Waals surface area contributed by atoms with Crippen LogP contribution in [0.15, 0.2) is 12.3 Å². The van der Waals surface area contributed by atoms with Crippen molar-refractivity contribution >= 4 is 17.4 Å². The van der Waals surface area contributed by atoms with Gasteiger partial charge >= 0.3 is 0 Å². The van der Waals surface area contributed by atoms with Gasteiger partial charge in [0.25, 0.3) is 0 Å². The van der Waals surface area contributed by atoms with E-state index in [4.69, 9.17) is 11.6 Å². The highest BCUT2D eigenvalue weighted by Gasteiger charge is 2.17. The number of hydrogen-bond acceptors (Lipinski definition) is 2. The Balaban J connectivity index is 1.83. The molecule has 0 radical (unpaired) electrons. The SMILES string of the molecule is Cc1cc(NCC2CCC(C)CC2)ncc1Cl. The van der Waals surface area contributed by atoms with Crippen molar-refractivity contribution in [1.82, 2.24) is 4.98 Å². The normalized spacial score (nSPS) is 24.6. The van der Waals surface area contributed by atoms with Gasteiger partial charge in [0.05, 0.1) is 5.02 Å². The van der Waals surface area contributed by atoms with Crippen molar-refractivity contribution in [3.63, 3.8) is 0 Å². The number of pyridine rings is 1. The zero-order valence-corrected chi connectivity index (χ0v) is 11.4. The first-order valence-electron chi connectivity index (χ1n) is 6.51. The van der Waals surface area contributed by atoms with Gasteiger partial charge < -0.3 is 5.32 Å². The Kier molecular flexibility index (Phi) is 4.27. The van der Waals surface area contributed by atoms with E-state index in [1.807, 2.05) is 13.0 Å². The van der Waals surface area contributed by atoms with Crippen LogP contribution in [-0.4, -0.2) is 11.5 Å². The average molecular weight is 253 g/mol. The molecule has 0 saturated heterocycles. The quantitative estimate of drug-likeness (QED) is 0.869. The fourth-order valence-corrected chi connectivity index (χ4v) is 2.52. The maximum Gasteiger partial charge on any atom is 0.126 e. The highest BCUT2D eigenvalue weighted by molar-refractivity contribution is 6.31. The second-order valence-electron chi connectivity index (χ2n) is 5.33. The minimum Gasteiger partial charge on any atom is -0.370 e. The first kappa shape index (κ1) is 12.7. The summed E-state index contributed by atoms with van der Waals surface area (Å²) in [6, 6.07) is 2.02. The molecule has 2 rings (SSSR count). The molecule has 0 aromatic carbocycles. The first-order valence-corrected chi connectivity index (χ1v) is 6.89. The van der Waals surface area contributed by atoms with Gasteiger partial charge in [0.2, 0.25) is 0 Å². The van der Waals surface area contributed by atoms with Gasteiger partial charge in [-0.15, -0.1) is 0 Å². The Morgan fingerprint density at radius 3 is 2.71 bits per heavy atom. The highest BCUT2D eigenvalue weighted by atomic mass is 35.5. The molecule has 1 aromatic rings. The smallest absolute Gasteiger partial charge is 0.126 e. The van der Waals surface area contributed by atoms with Crippen LogP contribution in [0.2, 0.25) is 5.02 Å². The zero-order valence-electron chi connectivity index (χ0n) is 10.7. The predicted molar refractivity (Wildman–Crippen MR) is 73.6 cm³/mol. The highest BCUT2D eigenvalue weighted by Crippen LogP contribution is 2.28. The van der Waals surface area contributed by atoms with Gasteiger partial charge in [-0.1, -0.05) is 31.4 Å². The number of halogens is 1. The molecule has 1 saturated carbocycles. The predicted octanol–water partition coefficient (Wildman–Crippen LogP) is 4.28. The average Bonchev–Trinajstić information content (AvgIpc) is 2.33. The maximum absolute atomic E-state index is 5.96. The summed E-state index contributed by atoms with van der Waals surface area (Å²) in [4.78, 5) is 4.30. The number of aryl methyl sites for hydroxylation is 1. The third kappa shape index (κ3) is 3.60. The first-order chi connectivity index (χ1) is 8.15. The molecule has 0 spiro atoms. The van der Waals surface area contributed by atoms with Crippen molar-refractivity contribution in [2.75, 3.05) is 11.9 Å². The molecule has 1 N–H and O–H groups in total. The van der Waals surface area contributed by atoms with Gasteiger partial charge in [-0.3, -0.25) is 0 Å². The van der Waals surface area contributed by atoms with Crippen molar-refractivity contribution in [3.8, 4) is 0 Å². The molecule has 1 aliphatic carbocycles. The summed E-state index contributed by atoms with van der Waals surface area (Å²) >= 11 is 5.96. The summed E-state index contributed by atoms with van der Waals surface area (Å²) in [5.74, 6) is 2.68. The van der Waals surface area contributed by atoms with E-state index < -0.39 is 0 Å². The molecule has 0 aliphatic heterocycles. The Bertz CT molecular complexity index is 370. The van der Waals surface area contributed by atoms with Crippen LogP contribution in [0.1, 0.15) is 38.2 Å². The van der Waals surface area contributed by atoms with Crippen molar-refractivity contribution in [2.45, 2.75) is 39.5 Å². The van der Waals surface area contributed by atoms with Crippen LogP contribution < -0.4 is 5.32 Å². The standard InChI is InChI=1S/C14H21ClN2/c1-10-3-5-12(6-4-10)8-16-14-7-11(2)13(15)9-17-14/h7,9-10,12H,3-6,8H2,1-2H3,(H,16,17). The zero-order chi connectivity index (χ0) is 12.3. The van der Waals surface area contributed by atoms with Crippen LogP contribution in [0.25, 0.3) is 0 Å². The van der Waals surface area contributed by atoms with E-state index in [0.717, 1.165) is 34.8 Å². The molecule has 0 amide bonds. The van der Waals surface area contributed by atoms with Gasteiger partial charge in [-0.25, -0.2) is 4.98 Å². The molecule has 0 unspecified atom stereocenters. The molecule has 2 nitrogen and oxygen atoms in total. The second-order valence-corrected chi connectivity index (χ2v) is 5.73. The van der Waals surface area contributed by atoms with E-state index in [2.05, 4.69) is 17.2 Å². The third-order valence-corrected chi connectivity index (χ3v) is 4.15. The fraction of sp³-hybridized carbons (Fsp3) is 0.643. The summed E-state index contributed by atoms with van der Waals surface area (Å²) in [6.45, 7) is 5.41. The number of nitrogens with zero attached hydrogens (tertiary/aromatic N) is 1. The van der Waals surface area contributed by atoms with Crippen molar-refractivity contribution in [2.24, 2.45) is 11.8 Å². The van der Waals surface area contributed by atoms with E-state index in [9.17, 15) is 0 Å². The van der Waals surface area contributed by atoms with Crippen molar-refractivity contribution < 1.29 is 0 Å². The van der Waals surface area contributed by atoms with Crippen LogP contribution in [-0.2, 0) is 0 Å². The third-order valence-electron chi connectivity index (χ3n) is 3.75. The van der Waals surface area contributed by atoms with Crippen LogP contribution in [0.3, 0.4) is 0 Å². The number of anilines is 1. The van der Waals surface area contributed by atoms with E-state index in [1.165, 1.54) is 25.7 Å². The van der Waals surface area contributed by atoms with E-state index in [1.54, 1.807) is 6.20 Å². The number of hydrogen-bond donors (Lipinski definition) is 1. The van der Waals surface area contributed by atoms with E-state index in [-0.39, 0.29) is 0 Å². The second kappa shape index (κ2) is 5.72. The van der Waals surface area contributed by atoms with Crippen LogP contribution in [0.4, 0.5) is 5.82 Å². The Morgan fingerprint density at radius 1 is 1.35 bits per heavy atom. The molecule has 1 aromatic heterocycles. The molecule has 1 aliphatic rings. The molecule has 1 heterocycles. The van der Waals surface area contributed by atoms with Crippen molar-refractivity contribution in [3.05, 3.63) is 22.8 Å². The summed E-state index contributed by atoms with van der Waals surface area (Å²) < 4.78 is 0. The molecule has 0 bridgehead atoms. The lowest BCUT2D eigenvalue weighted by atomic mass is 9.83. The molecule has 17 heavy (non-hydrogen) atoms. The molecule has 0 atom stereocenters. The number of rotatable bonds is 3. The number of nitrogens with one attached hydrogen (secondary N) is 1. The molecular formula is C14H21ClN2. The molecule has 3 heteroatoms. The topological polar surface area (TPSA) is 24.9 Å². The van der Waals surface area contributed by atoms with Gasteiger partial charge in [-0.05, 0) is 43.2 Å². The monoisotopic (exact) mass is 252 g/mol. The minimum atomic E-state index is 0.738. The maximum atomic E-state index is 5.96. The van der Waals surface area contributed by atoms with Crippen molar-refractivity contribution in [1.29, 1.82) is 0 Å². The summed E-state index contributed by atoms with van der Waals surface area (Å²) in [7, 11) is 0.